The number of nitrogens with one attached hydrogen (secondary N) is 2. The number of H-pyrrole nitrogens is 1. The van der Waals surface area contributed by atoms with Gasteiger partial charge < -0.3 is 15.2 Å². The Bertz CT molecular complexity index is 577. The summed E-state index contributed by atoms with van der Waals surface area (Å²) in [6.45, 7) is 10.3. The van der Waals surface area contributed by atoms with Gasteiger partial charge >= 0.3 is 0 Å². The van der Waals surface area contributed by atoms with Gasteiger partial charge in [-0.3, -0.25) is 9.59 Å². The van der Waals surface area contributed by atoms with Crippen molar-refractivity contribution in [3.8, 4) is 0 Å². The van der Waals surface area contributed by atoms with Gasteiger partial charge in [-0.2, -0.15) is 0 Å². The van der Waals surface area contributed by atoms with E-state index in [0.717, 1.165) is 24.2 Å². The maximum absolute atomic E-state index is 12.3. The third kappa shape index (κ3) is 4.22. The fraction of sp³-hybridized carbons (Fsp3) is 0.667. The lowest BCUT2D eigenvalue weighted by atomic mass is 10.0. The zero-order valence-electron chi connectivity index (χ0n) is 14.8. The molecule has 1 fully saturated rings. The lowest BCUT2D eigenvalue weighted by molar-refractivity contribution is 0.0943. The molecule has 1 unspecified atom stereocenters. The molecule has 0 aromatic carbocycles. The fourth-order valence-corrected chi connectivity index (χ4v) is 3.57. The molecule has 2 rings (SSSR count). The van der Waals surface area contributed by atoms with Gasteiger partial charge in [-0.05, 0) is 59.1 Å². The second kappa shape index (κ2) is 7.77. The number of hydrogen-bond donors (Lipinski definition) is 2. The Hall–Kier alpha value is -1.62. The first-order chi connectivity index (χ1) is 10.9. The topological polar surface area (TPSA) is 65.2 Å². The van der Waals surface area contributed by atoms with E-state index < -0.39 is 0 Å². The highest BCUT2D eigenvalue weighted by atomic mass is 16.2. The van der Waals surface area contributed by atoms with E-state index in [9.17, 15) is 9.59 Å². The van der Waals surface area contributed by atoms with E-state index in [0.29, 0.717) is 23.8 Å². The molecular formula is C18H29N3O2. The summed E-state index contributed by atoms with van der Waals surface area (Å²) in [6, 6.07) is 0.658. The summed E-state index contributed by atoms with van der Waals surface area (Å²) in [5.74, 6) is -0.126. The van der Waals surface area contributed by atoms with Crippen LogP contribution in [0.3, 0.4) is 0 Å². The summed E-state index contributed by atoms with van der Waals surface area (Å²) in [4.78, 5) is 29.5. The summed E-state index contributed by atoms with van der Waals surface area (Å²) in [6.07, 6.45) is 4.85. The van der Waals surface area contributed by atoms with Crippen LogP contribution in [-0.4, -0.2) is 47.3 Å². The quantitative estimate of drug-likeness (QED) is 0.626. The second-order valence-corrected chi connectivity index (χ2v) is 6.67. The Kier molecular flexibility index (Phi) is 5.99. The van der Waals surface area contributed by atoms with Crippen molar-refractivity contribution in [2.45, 2.75) is 59.4 Å². The average molecular weight is 319 g/mol. The smallest absolute Gasteiger partial charge is 0.268 e. The molecule has 2 N–H and O–H groups in total. The number of carbonyl (C=O) groups is 2. The van der Waals surface area contributed by atoms with E-state index in [-0.39, 0.29) is 11.7 Å². The summed E-state index contributed by atoms with van der Waals surface area (Å²) in [5.41, 5.74) is 2.66. The monoisotopic (exact) mass is 319 g/mol. The molecule has 0 spiro atoms. The van der Waals surface area contributed by atoms with Gasteiger partial charge in [0.15, 0.2) is 5.78 Å². The van der Waals surface area contributed by atoms with Crippen molar-refractivity contribution in [1.29, 1.82) is 0 Å². The van der Waals surface area contributed by atoms with Crippen LogP contribution < -0.4 is 5.32 Å². The van der Waals surface area contributed by atoms with Gasteiger partial charge in [0.25, 0.3) is 5.91 Å². The molecule has 0 bridgehead atoms. The molecule has 5 heteroatoms. The molecule has 5 nitrogen and oxygen atoms in total. The molecule has 0 radical (unpaired) electrons. The number of hydrogen-bond acceptors (Lipinski definition) is 3. The predicted molar refractivity (Wildman–Crippen MR) is 92.1 cm³/mol. The molecule has 0 aliphatic carbocycles. The van der Waals surface area contributed by atoms with Crippen LogP contribution in [0.1, 0.15) is 71.6 Å². The van der Waals surface area contributed by atoms with Crippen LogP contribution >= 0.6 is 0 Å². The third-order valence-electron chi connectivity index (χ3n) is 4.86. The van der Waals surface area contributed by atoms with Gasteiger partial charge in [0.2, 0.25) is 0 Å². The second-order valence-electron chi connectivity index (χ2n) is 6.67. The largest absolute Gasteiger partial charge is 0.354 e. The summed E-state index contributed by atoms with van der Waals surface area (Å²) in [5, 5.41) is 2.97. The van der Waals surface area contributed by atoms with Crippen LogP contribution in [0.15, 0.2) is 0 Å². The zero-order valence-corrected chi connectivity index (χ0v) is 14.8. The molecule has 1 saturated heterocycles. The number of aromatic amines is 1. The average Bonchev–Trinajstić information content (AvgIpc) is 2.80. The van der Waals surface area contributed by atoms with Crippen molar-refractivity contribution in [2.24, 2.45) is 0 Å². The first-order valence-corrected chi connectivity index (χ1v) is 8.64. The maximum atomic E-state index is 12.3. The maximum Gasteiger partial charge on any atom is 0.268 e. The number of nitrogens with zero attached hydrogens (tertiary/aromatic N) is 1. The Balaban J connectivity index is 1.83. The summed E-state index contributed by atoms with van der Waals surface area (Å²) >= 11 is 0. The molecular weight excluding hydrogens is 290 g/mol. The van der Waals surface area contributed by atoms with E-state index in [1.807, 2.05) is 13.8 Å². The number of amides is 1. The number of aromatic nitrogens is 1. The van der Waals surface area contributed by atoms with Gasteiger partial charge in [-0.1, -0.05) is 6.42 Å². The molecule has 1 atom stereocenters. The number of ketones is 1. The number of Topliss-reactive ketones (excluding diaryl/α,β-unsaturated/α-hetero) is 1. The van der Waals surface area contributed by atoms with Crippen LogP contribution in [0.4, 0.5) is 0 Å². The van der Waals surface area contributed by atoms with E-state index in [1.54, 1.807) is 0 Å². The van der Waals surface area contributed by atoms with Crippen molar-refractivity contribution in [2.75, 3.05) is 19.6 Å². The van der Waals surface area contributed by atoms with E-state index in [1.165, 1.54) is 32.7 Å². The minimum atomic E-state index is -0.121. The van der Waals surface area contributed by atoms with Crippen molar-refractivity contribution in [1.82, 2.24) is 15.2 Å². The minimum Gasteiger partial charge on any atom is -0.354 e. The van der Waals surface area contributed by atoms with Crippen LogP contribution in [0, 0.1) is 13.8 Å². The lowest BCUT2D eigenvalue weighted by Gasteiger charge is -2.33. The van der Waals surface area contributed by atoms with Crippen molar-refractivity contribution in [3.63, 3.8) is 0 Å². The molecule has 1 amide bonds. The van der Waals surface area contributed by atoms with Gasteiger partial charge in [0.05, 0.1) is 0 Å². The zero-order chi connectivity index (χ0) is 17.0. The first-order valence-electron chi connectivity index (χ1n) is 8.64. The number of piperidine rings is 1. The minimum absolute atomic E-state index is 0.00520. The number of rotatable bonds is 6. The number of likely N-dealkylation sites (tertiary alicyclic amines) is 1. The molecule has 1 aromatic rings. The van der Waals surface area contributed by atoms with Gasteiger partial charge in [-0.15, -0.1) is 0 Å². The Labute approximate surface area is 138 Å². The molecule has 0 saturated carbocycles. The van der Waals surface area contributed by atoms with E-state index >= 15 is 0 Å². The standard InChI is InChI=1S/C18H29N3O2/c1-12-8-5-6-10-21(12)11-7-9-19-18(23)17-13(2)16(15(4)22)14(3)20-17/h12,20H,5-11H2,1-4H3,(H,19,23). The number of aryl methyl sites for hydroxylation is 1. The molecule has 2 heterocycles. The van der Waals surface area contributed by atoms with Crippen LogP contribution in [0.5, 0.6) is 0 Å². The highest BCUT2D eigenvalue weighted by molar-refractivity contribution is 6.02. The third-order valence-corrected chi connectivity index (χ3v) is 4.86. The highest BCUT2D eigenvalue weighted by Crippen LogP contribution is 2.18. The van der Waals surface area contributed by atoms with Gasteiger partial charge in [-0.25, -0.2) is 0 Å². The number of carbonyl (C=O) groups excluding carboxylic acids is 2. The highest BCUT2D eigenvalue weighted by Gasteiger charge is 2.20. The van der Waals surface area contributed by atoms with Gasteiger partial charge in [0.1, 0.15) is 5.69 Å². The summed E-state index contributed by atoms with van der Waals surface area (Å²) < 4.78 is 0. The van der Waals surface area contributed by atoms with Gasteiger partial charge in [0, 0.05) is 30.4 Å². The van der Waals surface area contributed by atoms with Crippen LogP contribution in [0.2, 0.25) is 0 Å². The molecule has 1 aromatic heterocycles. The molecule has 128 valence electrons. The van der Waals surface area contributed by atoms with Crippen LogP contribution in [-0.2, 0) is 0 Å². The van der Waals surface area contributed by atoms with Crippen molar-refractivity contribution < 1.29 is 9.59 Å². The lowest BCUT2D eigenvalue weighted by Crippen LogP contribution is -2.39. The predicted octanol–water partition coefficient (Wildman–Crippen LogP) is 2.83. The van der Waals surface area contributed by atoms with E-state index in [4.69, 9.17) is 0 Å². The Morgan fingerprint density at radius 2 is 2.04 bits per heavy atom. The van der Waals surface area contributed by atoms with Crippen LogP contribution in [0.25, 0.3) is 0 Å². The van der Waals surface area contributed by atoms with E-state index in [2.05, 4.69) is 22.1 Å². The Morgan fingerprint density at radius 3 is 2.65 bits per heavy atom. The SMILES string of the molecule is CC(=O)c1c(C)[nH]c(C(=O)NCCCN2CCCCC2C)c1C. The molecule has 1 aliphatic rings. The van der Waals surface area contributed by atoms with Crippen molar-refractivity contribution >= 4 is 11.7 Å². The normalized spacial score (nSPS) is 18.9. The molecule has 23 heavy (non-hydrogen) atoms. The summed E-state index contributed by atoms with van der Waals surface area (Å²) in [7, 11) is 0. The Morgan fingerprint density at radius 1 is 1.30 bits per heavy atom. The first kappa shape index (κ1) is 17.7. The fourth-order valence-electron chi connectivity index (χ4n) is 3.57. The van der Waals surface area contributed by atoms with Crippen molar-refractivity contribution in [3.05, 3.63) is 22.5 Å². The molecule has 1 aliphatic heterocycles.